The maximum absolute atomic E-state index is 11.9. The van der Waals surface area contributed by atoms with Crippen LogP contribution >= 0.6 is 0 Å². The van der Waals surface area contributed by atoms with Gasteiger partial charge in [-0.3, -0.25) is 0 Å². The number of aliphatic hydroxyl groups is 1. The average molecular weight is 248 g/mol. The van der Waals surface area contributed by atoms with Gasteiger partial charge in [0.1, 0.15) is 0 Å². The number of carbonyl (C=O) groups is 1. The van der Waals surface area contributed by atoms with Gasteiger partial charge in [-0.05, 0) is 24.8 Å². The van der Waals surface area contributed by atoms with E-state index in [-0.39, 0.29) is 12.6 Å². The molecular weight excluding hydrogens is 228 g/mol. The first-order valence-corrected chi connectivity index (χ1v) is 6.45. The normalized spacial score (nSPS) is 17.9. The summed E-state index contributed by atoms with van der Waals surface area (Å²) in [4.78, 5) is 11.9. The molecule has 2 rings (SSSR count). The van der Waals surface area contributed by atoms with Crippen molar-refractivity contribution in [1.82, 2.24) is 10.6 Å². The molecule has 0 bridgehead atoms. The number of hydrogen-bond acceptors (Lipinski definition) is 2. The van der Waals surface area contributed by atoms with Crippen molar-refractivity contribution in [3.05, 3.63) is 35.9 Å². The molecular formula is C14H20N2O2. The van der Waals surface area contributed by atoms with Crippen molar-refractivity contribution in [3.63, 3.8) is 0 Å². The summed E-state index contributed by atoms with van der Waals surface area (Å²) in [6.07, 6.45) is 2.75. The molecule has 1 unspecified atom stereocenters. The number of aliphatic hydroxyl groups excluding tert-OH is 1. The lowest BCUT2D eigenvalue weighted by Crippen LogP contribution is -2.52. The molecule has 0 heterocycles. The summed E-state index contributed by atoms with van der Waals surface area (Å²) in [5.41, 5.74) is 0.237. The molecule has 0 saturated heterocycles. The van der Waals surface area contributed by atoms with Crippen LogP contribution in [0.3, 0.4) is 0 Å². The Kier molecular flexibility index (Phi) is 3.87. The van der Waals surface area contributed by atoms with E-state index in [2.05, 4.69) is 10.6 Å². The fourth-order valence-corrected chi connectivity index (χ4v) is 2.03. The van der Waals surface area contributed by atoms with Crippen molar-refractivity contribution in [2.24, 2.45) is 0 Å². The summed E-state index contributed by atoms with van der Waals surface area (Å²) in [5, 5.41) is 15.5. The smallest absolute Gasteiger partial charge is 0.315 e. The zero-order chi connectivity index (χ0) is 13.0. The predicted molar refractivity (Wildman–Crippen MR) is 70.2 cm³/mol. The van der Waals surface area contributed by atoms with Crippen molar-refractivity contribution < 1.29 is 9.90 Å². The number of benzene rings is 1. The van der Waals surface area contributed by atoms with Gasteiger partial charge in [0.25, 0.3) is 0 Å². The van der Waals surface area contributed by atoms with Crippen LogP contribution in [0.5, 0.6) is 0 Å². The second-order valence-corrected chi connectivity index (χ2v) is 4.83. The van der Waals surface area contributed by atoms with E-state index in [0.29, 0.717) is 12.5 Å². The highest BCUT2D eigenvalue weighted by Gasteiger charge is 2.33. The average Bonchev–Trinajstić information content (AvgIpc) is 3.21. The summed E-state index contributed by atoms with van der Waals surface area (Å²) in [6.45, 7) is 1.85. The lowest BCUT2D eigenvalue weighted by molar-refractivity contribution is 0.155. The molecule has 1 aromatic carbocycles. The highest BCUT2D eigenvalue weighted by Crippen LogP contribution is 2.25. The molecule has 0 aromatic heterocycles. The molecule has 1 atom stereocenters. The van der Waals surface area contributed by atoms with E-state index in [9.17, 15) is 9.90 Å². The number of hydrogen-bond donors (Lipinski definition) is 3. The van der Waals surface area contributed by atoms with Gasteiger partial charge in [0, 0.05) is 6.04 Å². The number of carbonyl (C=O) groups excluding carboxylic acids is 1. The molecule has 1 saturated carbocycles. The number of nitrogens with one attached hydrogen (secondary N) is 2. The summed E-state index contributed by atoms with van der Waals surface area (Å²) in [7, 11) is 0. The second kappa shape index (κ2) is 5.40. The van der Waals surface area contributed by atoms with Crippen LogP contribution < -0.4 is 10.6 Å². The van der Waals surface area contributed by atoms with Crippen molar-refractivity contribution in [3.8, 4) is 0 Å². The molecule has 0 aliphatic heterocycles. The number of amides is 2. The summed E-state index contributed by atoms with van der Waals surface area (Å²) in [5.74, 6) is 0. The van der Waals surface area contributed by atoms with E-state index in [1.807, 2.05) is 37.3 Å². The molecule has 4 nitrogen and oxygen atoms in total. The van der Waals surface area contributed by atoms with E-state index >= 15 is 0 Å². The standard InChI is InChI=1S/C14H20N2O2/c1-2-14(10-17,11-6-4-3-5-7-11)16-13(18)15-12-8-9-12/h3-7,12,17H,2,8-10H2,1H3,(H2,15,16,18). The summed E-state index contributed by atoms with van der Waals surface area (Å²) < 4.78 is 0. The van der Waals surface area contributed by atoms with Crippen LogP contribution in [0.1, 0.15) is 31.7 Å². The van der Waals surface area contributed by atoms with Crippen LogP contribution in [0.15, 0.2) is 30.3 Å². The second-order valence-electron chi connectivity index (χ2n) is 4.83. The molecule has 0 spiro atoms. The van der Waals surface area contributed by atoms with Crippen LogP contribution in [-0.4, -0.2) is 23.8 Å². The minimum absolute atomic E-state index is 0.106. The zero-order valence-electron chi connectivity index (χ0n) is 10.6. The maximum Gasteiger partial charge on any atom is 0.315 e. The topological polar surface area (TPSA) is 61.4 Å². The van der Waals surface area contributed by atoms with E-state index in [1.54, 1.807) is 0 Å². The third-order valence-corrected chi connectivity index (χ3v) is 3.47. The van der Waals surface area contributed by atoms with E-state index in [0.717, 1.165) is 18.4 Å². The lowest BCUT2D eigenvalue weighted by atomic mass is 9.88. The third kappa shape index (κ3) is 2.82. The monoisotopic (exact) mass is 248 g/mol. The Balaban J connectivity index is 2.12. The fraction of sp³-hybridized carbons (Fsp3) is 0.500. The number of rotatable bonds is 5. The molecule has 1 aromatic rings. The predicted octanol–water partition coefficient (Wildman–Crippen LogP) is 1.75. The maximum atomic E-state index is 11.9. The molecule has 1 aliphatic carbocycles. The third-order valence-electron chi connectivity index (χ3n) is 3.47. The van der Waals surface area contributed by atoms with E-state index in [1.165, 1.54) is 0 Å². The molecule has 4 heteroatoms. The van der Waals surface area contributed by atoms with Crippen LogP contribution in [0.25, 0.3) is 0 Å². The van der Waals surface area contributed by atoms with Gasteiger partial charge in [-0.15, -0.1) is 0 Å². The first-order chi connectivity index (χ1) is 8.70. The van der Waals surface area contributed by atoms with Gasteiger partial charge in [-0.2, -0.15) is 0 Å². The van der Waals surface area contributed by atoms with Crippen molar-refractivity contribution in [1.29, 1.82) is 0 Å². The van der Waals surface area contributed by atoms with Gasteiger partial charge in [-0.1, -0.05) is 37.3 Å². The van der Waals surface area contributed by atoms with Gasteiger partial charge < -0.3 is 15.7 Å². The van der Waals surface area contributed by atoms with Crippen molar-refractivity contribution in [2.75, 3.05) is 6.61 Å². The Labute approximate surface area is 107 Å². The first-order valence-electron chi connectivity index (χ1n) is 6.45. The highest BCUT2D eigenvalue weighted by atomic mass is 16.3. The van der Waals surface area contributed by atoms with Crippen molar-refractivity contribution in [2.45, 2.75) is 37.8 Å². The molecule has 3 N–H and O–H groups in total. The minimum Gasteiger partial charge on any atom is -0.394 e. The van der Waals surface area contributed by atoms with E-state index in [4.69, 9.17) is 0 Å². The minimum atomic E-state index is -0.694. The fourth-order valence-electron chi connectivity index (χ4n) is 2.03. The van der Waals surface area contributed by atoms with Crippen LogP contribution in [0.2, 0.25) is 0 Å². The highest BCUT2D eigenvalue weighted by molar-refractivity contribution is 5.75. The van der Waals surface area contributed by atoms with E-state index < -0.39 is 5.54 Å². The van der Waals surface area contributed by atoms with Crippen LogP contribution in [0, 0.1) is 0 Å². The van der Waals surface area contributed by atoms with Gasteiger partial charge in [0.05, 0.1) is 12.1 Å². The molecule has 18 heavy (non-hydrogen) atoms. The summed E-state index contributed by atoms with van der Waals surface area (Å²) >= 11 is 0. The van der Waals surface area contributed by atoms with Gasteiger partial charge in [0.15, 0.2) is 0 Å². The van der Waals surface area contributed by atoms with Gasteiger partial charge in [-0.25, -0.2) is 4.79 Å². The van der Waals surface area contributed by atoms with Gasteiger partial charge in [0.2, 0.25) is 0 Å². The molecule has 2 amide bonds. The Morgan fingerprint density at radius 1 is 1.39 bits per heavy atom. The molecule has 1 fully saturated rings. The SMILES string of the molecule is CCC(CO)(NC(=O)NC1CC1)c1ccccc1. The Bertz CT molecular complexity index is 398. The van der Waals surface area contributed by atoms with Crippen LogP contribution in [0.4, 0.5) is 4.79 Å². The van der Waals surface area contributed by atoms with Crippen LogP contribution in [-0.2, 0) is 5.54 Å². The Morgan fingerprint density at radius 2 is 2.06 bits per heavy atom. The quantitative estimate of drug-likeness (QED) is 0.743. The molecule has 1 aliphatic rings. The molecule has 98 valence electrons. The lowest BCUT2D eigenvalue weighted by Gasteiger charge is -2.32. The van der Waals surface area contributed by atoms with Crippen molar-refractivity contribution >= 4 is 6.03 Å². The van der Waals surface area contributed by atoms with Gasteiger partial charge >= 0.3 is 6.03 Å². The molecule has 0 radical (unpaired) electrons. The Morgan fingerprint density at radius 3 is 2.56 bits per heavy atom. The largest absolute Gasteiger partial charge is 0.394 e. The Hall–Kier alpha value is -1.55. The summed E-state index contributed by atoms with van der Waals surface area (Å²) in [6, 6.07) is 9.72. The zero-order valence-corrected chi connectivity index (χ0v) is 10.6. The first kappa shape index (κ1) is 12.9. The number of urea groups is 1.